The summed E-state index contributed by atoms with van der Waals surface area (Å²) >= 11 is 12.7. The van der Waals surface area contributed by atoms with Crippen LogP contribution in [0.1, 0.15) is 54.5 Å². The number of carbonyl (C=O) groups excluding carboxylic acids is 3. The molecule has 208 valence electrons. The second kappa shape index (κ2) is 10.1. The van der Waals surface area contributed by atoms with Gasteiger partial charge in [0.2, 0.25) is 11.8 Å². The predicted octanol–water partition coefficient (Wildman–Crippen LogP) is 6.01. The molecule has 0 saturated carbocycles. The van der Waals surface area contributed by atoms with Gasteiger partial charge in [-0.05, 0) is 79.9 Å². The molecule has 3 atom stereocenters. The summed E-state index contributed by atoms with van der Waals surface area (Å²) in [5, 5.41) is 6.68. The number of hydrogen-bond donors (Lipinski definition) is 2. The summed E-state index contributed by atoms with van der Waals surface area (Å²) in [5.74, 6) is -2.41. The lowest BCUT2D eigenvalue weighted by Crippen LogP contribution is -2.57. The average molecular weight is 585 g/mol. The number of benzene rings is 3. The molecule has 3 aromatic rings. The van der Waals surface area contributed by atoms with Crippen LogP contribution in [-0.4, -0.2) is 30.5 Å². The maximum Gasteiger partial charge on any atom is 0.349 e. The highest BCUT2D eigenvalue weighted by Gasteiger charge is 2.62. The monoisotopic (exact) mass is 584 g/mol. The smallest absolute Gasteiger partial charge is 0.349 e. The molecule has 0 aromatic heterocycles. The molecule has 2 aliphatic heterocycles. The molecule has 2 N–H and O–H groups in total. The van der Waals surface area contributed by atoms with Crippen molar-refractivity contribution in [1.29, 1.82) is 0 Å². The Hall–Kier alpha value is -3.62. The van der Waals surface area contributed by atoms with E-state index < -0.39 is 40.7 Å². The molecule has 2 aliphatic rings. The van der Waals surface area contributed by atoms with Crippen LogP contribution in [0.4, 0.5) is 10.1 Å². The number of amides is 2. The molecule has 0 bridgehead atoms. The molecule has 0 aliphatic carbocycles. The maximum absolute atomic E-state index is 14.7. The van der Waals surface area contributed by atoms with Crippen LogP contribution in [0.3, 0.4) is 0 Å². The lowest BCUT2D eigenvalue weighted by molar-refractivity contribution is -0.156. The van der Waals surface area contributed by atoms with E-state index in [9.17, 15) is 18.8 Å². The highest BCUT2D eigenvalue weighted by molar-refractivity contribution is 6.31. The minimum Gasteiger partial charge on any atom is -0.476 e. The summed E-state index contributed by atoms with van der Waals surface area (Å²) in [6, 6.07) is 13.1. The summed E-state index contributed by atoms with van der Waals surface area (Å²) < 4.78 is 25.7. The van der Waals surface area contributed by atoms with Gasteiger partial charge in [-0.15, -0.1) is 0 Å². The molecule has 2 heterocycles. The number of methoxy groups -OCH3 is 1. The van der Waals surface area contributed by atoms with Gasteiger partial charge in [0.1, 0.15) is 17.0 Å². The minimum absolute atomic E-state index is 0.0826. The fourth-order valence-corrected chi connectivity index (χ4v) is 6.26. The Morgan fingerprint density at radius 1 is 1.02 bits per heavy atom. The summed E-state index contributed by atoms with van der Waals surface area (Å²) in [6.07, 6.45) is -0.0826. The number of halogens is 3. The number of rotatable bonds is 5. The van der Waals surface area contributed by atoms with Crippen molar-refractivity contribution in [3.05, 3.63) is 92.7 Å². The Kier molecular flexibility index (Phi) is 7.04. The first-order valence-corrected chi connectivity index (χ1v) is 13.4. The lowest BCUT2D eigenvalue weighted by atomic mass is 9.58. The van der Waals surface area contributed by atoms with Gasteiger partial charge >= 0.3 is 5.97 Å². The largest absolute Gasteiger partial charge is 0.476 e. The van der Waals surface area contributed by atoms with Crippen LogP contribution in [0.2, 0.25) is 10.0 Å². The SMILES string of the molecule is COC(=O)C(C)(C)Oc1ccc(Cl)cc1[C@@H]1NC(=O)C[C@H](c2cc(F)ccc2C)[C@@]12C(=O)Nc1cc(Cl)ccc12. The molecule has 3 aromatic carbocycles. The molecule has 1 saturated heterocycles. The number of ether oxygens (including phenoxy) is 2. The van der Waals surface area contributed by atoms with Crippen molar-refractivity contribution in [3.8, 4) is 5.75 Å². The van der Waals surface area contributed by atoms with Gasteiger partial charge in [-0.2, -0.15) is 0 Å². The third-order valence-electron chi connectivity index (χ3n) is 7.69. The molecule has 40 heavy (non-hydrogen) atoms. The van der Waals surface area contributed by atoms with E-state index in [-0.39, 0.29) is 18.1 Å². The standard InChI is InChI=1S/C30H27Cl2FN2O5/c1-15-5-8-18(33)13-19(15)22-14-25(36)35-26(30(22)21-9-6-17(32)12-23(21)34-27(30)37)20-11-16(31)7-10-24(20)40-29(2,3)28(38)39-4/h5-13,22,26H,14H2,1-4H3,(H,34,37)(H,35,36)/t22-,26+,30-/m1/s1. The van der Waals surface area contributed by atoms with Crippen LogP contribution >= 0.6 is 23.2 Å². The highest BCUT2D eigenvalue weighted by atomic mass is 35.5. The Morgan fingerprint density at radius 3 is 2.45 bits per heavy atom. The van der Waals surface area contributed by atoms with Gasteiger partial charge in [0.05, 0.1) is 13.2 Å². The molecule has 1 spiro atoms. The van der Waals surface area contributed by atoms with Crippen molar-refractivity contribution in [2.75, 3.05) is 12.4 Å². The molecule has 2 amide bonds. The molecule has 5 rings (SSSR count). The molecule has 0 unspecified atom stereocenters. The van der Waals surface area contributed by atoms with Crippen LogP contribution in [-0.2, 0) is 24.5 Å². The van der Waals surface area contributed by atoms with E-state index in [0.29, 0.717) is 32.4 Å². The van der Waals surface area contributed by atoms with Crippen molar-refractivity contribution in [1.82, 2.24) is 5.32 Å². The van der Waals surface area contributed by atoms with E-state index in [0.717, 1.165) is 5.56 Å². The lowest BCUT2D eigenvalue weighted by Gasteiger charge is -2.47. The zero-order valence-electron chi connectivity index (χ0n) is 22.2. The maximum atomic E-state index is 14.7. The number of nitrogens with one attached hydrogen (secondary N) is 2. The fraction of sp³-hybridized carbons (Fsp3) is 0.300. The summed E-state index contributed by atoms with van der Waals surface area (Å²) in [7, 11) is 1.25. The van der Waals surface area contributed by atoms with Crippen molar-refractivity contribution in [2.24, 2.45) is 0 Å². The second-order valence-corrected chi connectivity index (χ2v) is 11.4. The van der Waals surface area contributed by atoms with Gasteiger partial charge in [-0.1, -0.05) is 35.3 Å². The van der Waals surface area contributed by atoms with Gasteiger partial charge in [0.25, 0.3) is 0 Å². The quantitative estimate of drug-likeness (QED) is 0.358. The highest BCUT2D eigenvalue weighted by Crippen LogP contribution is 2.59. The third kappa shape index (κ3) is 4.49. The summed E-state index contributed by atoms with van der Waals surface area (Å²) in [5.41, 5.74) is -0.179. The molecular weight excluding hydrogens is 558 g/mol. The molecule has 1 fully saturated rings. The molecular formula is C30H27Cl2FN2O5. The number of esters is 1. The van der Waals surface area contributed by atoms with Gasteiger partial charge in [-0.3, -0.25) is 9.59 Å². The van der Waals surface area contributed by atoms with E-state index in [2.05, 4.69) is 10.6 Å². The number of carbonyl (C=O) groups is 3. The van der Waals surface area contributed by atoms with E-state index in [1.54, 1.807) is 56.3 Å². The van der Waals surface area contributed by atoms with Gasteiger partial charge < -0.3 is 20.1 Å². The van der Waals surface area contributed by atoms with E-state index in [4.69, 9.17) is 32.7 Å². The third-order valence-corrected chi connectivity index (χ3v) is 8.16. The Bertz CT molecular complexity index is 1560. The van der Waals surface area contributed by atoms with Gasteiger partial charge in [0.15, 0.2) is 5.60 Å². The second-order valence-electron chi connectivity index (χ2n) is 10.6. The minimum atomic E-state index is -1.45. The fourth-order valence-electron chi connectivity index (χ4n) is 5.91. The zero-order valence-corrected chi connectivity index (χ0v) is 23.7. The topological polar surface area (TPSA) is 93.7 Å². The predicted molar refractivity (Wildman–Crippen MR) is 149 cm³/mol. The Labute approximate surface area is 240 Å². The van der Waals surface area contributed by atoms with Crippen molar-refractivity contribution in [2.45, 2.75) is 50.2 Å². The summed E-state index contributed by atoms with van der Waals surface area (Å²) in [6.45, 7) is 4.91. The number of aryl methyl sites for hydroxylation is 1. The first-order valence-electron chi connectivity index (χ1n) is 12.6. The van der Waals surface area contributed by atoms with Gasteiger partial charge in [0, 0.05) is 33.6 Å². The molecule has 10 heteroatoms. The van der Waals surface area contributed by atoms with Crippen LogP contribution in [0.25, 0.3) is 0 Å². The Balaban J connectivity index is 1.81. The number of piperidine rings is 1. The van der Waals surface area contributed by atoms with E-state index in [1.807, 2.05) is 6.92 Å². The Morgan fingerprint density at radius 2 is 1.73 bits per heavy atom. The van der Waals surface area contributed by atoms with E-state index in [1.165, 1.54) is 19.2 Å². The van der Waals surface area contributed by atoms with Crippen molar-refractivity contribution >= 4 is 46.7 Å². The number of fused-ring (bicyclic) bond motifs is 2. The van der Waals surface area contributed by atoms with Gasteiger partial charge in [-0.25, -0.2) is 9.18 Å². The number of anilines is 1. The zero-order chi connectivity index (χ0) is 29.0. The van der Waals surface area contributed by atoms with Crippen LogP contribution in [0, 0.1) is 12.7 Å². The first-order chi connectivity index (χ1) is 18.9. The van der Waals surface area contributed by atoms with Crippen molar-refractivity contribution < 1.29 is 28.2 Å². The molecule has 0 radical (unpaired) electrons. The van der Waals surface area contributed by atoms with Crippen LogP contribution in [0.5, 0.6) is 5.75 Å². The molecule has 7 nitrogen and oxygen atoms in total. The average Bonchev–Trinajstić information content (AvgIpc) is 3.18. The van der Waals surface area contributed by atoms with Crippen LogP contribution in [0.15, 0.2) is 54.6 Å². The van der Waals surface area contributed by atoms with E-state index >= 15 is 0 Å². The first kappa shape index (κ1) is 27.9. The van der Waals surface area contributed by atoms with Crippen LogP contribution < -0.4 is 15.4 Å². The number of hydrogen-bond acceptors (Lipinski definition) is 5. The summed E-state index contributed by atoms with van der Waals surface area (Å²) in [4.78, 5) is 40.1. The normalized spacial score (nSPS) is 22.0. The van der Waals surface area contributed by atoms with Crippen molar-refractivity contribution in [3.63, 3.8) is 0 Å².